The Labute approximate surface area is 112 Å². The van der Waals surface area contributed by atoms with Crippen LogP contribution in [0, 0.1) is 16.7 Å². The van der Waals surface area contributed by atoms with E-state index in [9.17, 15) is 5.26 Å². The van der Waals surface area contributed by atoms with Gasteiger partial charge in [-0.1, -0.05) is 37.4 Å². The third-order valence-electron chi connectivity index (χ3n) is 3.80. The van der Waals surface area contributed by atoms with Gasteiger partial charge in [-0.15, -0.1) is 11.3 Å². The SMILES string of the molecule is CCC1(C(Cl)=C(C#N)c2cccs2)CCCC1. The standard InChI is InChI=1S/C14H16ClNS/c1-2-14(7-3-4-8-14)13(15)11(10-16)12-6-5-9-17-12/h5-6,9H,2-4,7-8H2,1H3. The van der Waals surface area contributed by atoms with Crippen molar-refractivity contribution in [1.29, 1.82) is 5.26 Å². The van der Waals surface area contributed by atoms with Crippen LogP contribution in [-0.2, 0) is 0 Å². The second-order valence-corrected chi connectivity index (χ2v) is 5.94. The molecule has 90 valence electrons. The molecule has 0 N–H and O–H groups in total. The summed E-state index contributed by atoms with van der Waals surface area (Å²) in [5, 5.41) is 12.1. The van der Waals surface area contributed by atoms with Crippen molar-refractivity contribution in [3.63, 3.8) is 0 Å². The fourth-order valence-electron chi connectivity index (χ4n) is 2.68. The number of nitrogens with zero attached hydrogens (tertiary/aromatic N) is 1. The van der Waals surface area contributed by atoms with Crippen molar-refractivity contribution in [3.8, 4) is 6.07 Å². The van der Waals surface area contributed by atoms with Gasteiger partial charge < -0.3 is 0 Å². The van der Waals surface area contributed by atoms with Gasteiger partial charge in [-0.3, -0.25) is 0 Å². The molecule has 0 amide bonds. The van der Waals surface area contributed by atoms with E-state index < -0.39 is 0 Å². The molecule has 0 bridgehead atoms. The Morgan fingerprint density at radius 2 is 2.24 bits per heavy atom. The predicted molar refractivity (Wildman–Crippen MR) is 73.9 cm³/mol. The third-order valence-corrected chi connectivity index (χ3v) is 5.28. The molecule has 3 heteroatoms. The minimum Gasteiger partial charge on any atom is -0.192 e. The molecule has 0 radical (unpaired) electrons. The Kier molecular flexibility index (Phi) is 3.91. The Morgan fingerprint density at radius 1 is 1.53 bits per heavy atom. The minimum absolute atomic E-state index is 0.0661. The number of nitriles is 1. The summed E-state index contributed by atoms with van der Waals surface area (Å²) >= 11 is 8.15. The summed E-state index contributed by atoms with van der Waals surface area (Å²) in [7, 11) is 0. The van der Waals surface area contributed by atoms with Crippen LogP contribution in [0.5, 0.6) is 0 Å². The summed E-state index contributed by atoms with van der Waals surface area (Å²) < 4.78 is 0. The molecule has 0 atom stereocenters. The molecule has 1 nitrogen and oxygen atoms in total. The summed E-state index contributed by atoms with van der Waals surface area (Å²) in [6, 6.07) is 6.24. The van der Waals surface area contributed by atoms with Gasteiger partial charge in [0.25, 0.3) is 0 Å². The fraction of sp³-hybridized carbons (Fsp3) is 0.500. The van der Waals surface area contributed by atoms with Crippen molar-refractivity contribution in [3.05, 3.63) is 27.4 Å². The van der Waals surface area contributed by atoms with Crippen molar-refractivity contribution >= 4 is 28.5 Å². The largest absolute Gasteiger partial charge is 0.192 e. The molecule has 1 aromatic rings. The van der Waals surface area contributed by atoms with Crippen LogP contribution in [0.15, 0.2) is 22.5 Å². The van der Waals surface area contributed by atoms with E-state index in [4.69, 9.17) is 11.6 Å². The lowest BCUT2D eigenvalue weighted by Crippen LogP contribution is -2.16. The summed E-state index contributed by atoms with van der Waals surface area (Å²) in [4.78, 5) is 0.997. The van der Waals surface area contributed by atoms with Crippen molar-refractivity contribution in [2.24, 2.45) is 5.41 Å². The number of rotatable bonds is 3. The van der Waals surface area contributed by atoms with Crippen molar-refractivity contribution in [2.75, 3.05) is 0 Å². The fourth-order valence-corrected chi connectivity index (χ4v) is 3.93. The molecular formula is C14H16ClNS. The molecule has 1 aromatic heterocycles. The van der Waals surface area contributed by atoms with Crippen LogP contribution in [0.25, 0.3) is 5.57 Å². The van der Waals surface area contributed by atoms with Crippen LogP contribution in [0.4, 0.5) is 0 Å². The highest BCUT2D eigenvalue weighted by atomic mass is 35.5. The molecule has 1 aliphatic carbocycles. The molecule has 1 aliphatic rings. The summed E-state index contributed by atoms with van der Waals surface area (Å²) in [5.41, 5.74) is 0.752. The Balaban J connectivity index is 2.45. The second kappa shape index (κ2) is 5.25. The molecule has 1 fully saturated rings. The highest BCUT2D eigenvalue weighted by Crippen LogP contribution is 2.50. The number of allylic oxidation sites excluding steroid dienone is 2. The van der Waals surface area contributed by atoms with Gasteiger partial charge in [0, 0.05) is 15.3 Å². The molecule has 0 unspecified atom stereocenters. The van der Waals surface area contributed by atoms with Crippen molar-refractivity contribution in [1.82, 2.24) is 0 Å². The van der Waals surface area contributed by atoms with Crippen LogP contribution < -0.4 is 0 Å². The molecule has 2 rings (SSSR count). The minimum atomic E-state index is 0.0661. The zero-order valence-corrected chi connectivity index (χ0v) is 11.6. The first-order valence-electron chi connectivity index (χ1n) is 6.08. The van der Waals surface area contributed by atoms with Crippen LogP contribution in [-0.4, -0.2) is 0 Å². The van der Waals surface area contributed by atoms with Crippen molar-refractivity contribution in [2.45, 2.75) is 39.0 Å². The van der Waals surface area contributed by atoms with E-state index in [0.717, 1.165) is 29.2 Å². The Bertz CT molecular complexity index is 447. The van der Waals surface area contributed by atoms with Gasteiger partial charge in [-0.25, -0.2) is 0 Å². The zero-order chi connectivity index (χ0) is 12.3. The lowest BCUT2D eigenvalue weighted by atomic mass is 9.81. The highest BCUT2D eigenvalue weighted by molar-refractivity contribution is 7.11. The van der Waals surface area contributed by atoms with Gasteiger partial charge in [-0.05, 0) is 30.7 Å². The van der Waals surface area contributed by atoms with Gasteiger partial charge in [-0.2, -0.15) is 5.26 Å². The van der Waals surface area contributed by atoms with Crippen LogP contribution in [0.1, 0.15) is 43.9 Å². The third kappa shape index (κ3) is 2.27. The van der Waals surface area contributed by atoms with Gasteiger partial charge in [0.1, 0.15) is 6.07 Å². The van der Waals surface area contributed by atoms with E-state index in [-0.39, 0.29) is 5.41 Å². The Hall–Kier alpha value is -0.780. The maximum atomic E-state index is 9.35. The summed E-state index contributed by atoms with van der Waals surface area (Å²) in [5.74, 6) is 0. The van der Waals surface area contributed by atoms with Crippen molar-refractivity contribution < 1.29 is 0 Å². The van der Waals surface area contributed by atoms with E-state index in [2.05, 4.69) is 13.0 Å². The predicted octanol–water partition coefficient (Wildman–Crippen LogP) is 5.19. The molecular weight excluding hydrogens is 250 g/mol. The van der Waals surface area contributed by atoms with E-state index in [1.54, 1.807) is 11.3 Å². The normalized spacial score (nSPS) is 19.8. The first kappa shape index (κ1) is 12.7. The van der Waals surface area contributed by atoms with E-state index in [1.807, 2.05) is 17.5 Å². The molecule has 17 heavy (non-hydrogen) atoms. The lowest BCUT2D eigenvalue weighted by molar-refractivity contribution is 0.373. The summed E-state index contributed by atoms with van der Waals surface area (Å²) in [6.45, 7) is 2.18. The Morgan fingerprint density at radius 3 is 2.71 bits per heavy atom. The second-order valence-electron chi connectivity index (χ2n) is 4.62. The lowest BCUT2D eigenvalue weighted by Gasteiger charge is -2.27. The molecule has 1 heterocycles. The van der Waals surface area contributed by atoms with E-state index in [0.29, 0.717) is 5.57 Å². The summed E-state index contributed by atoms with van der Waals surface area (Å²) in [6.07, 6.45) is 5.74. The number of halogens is 1. The van der Waals surface area contributed by atoms with E-state index >= 15 is 0 Å². The number of hydrogen-bond acceptors (Lipinski definition) is 2. The maximum Gasteiger partial charge on any atom is 0.102 e. The van der Waals surface area contributed by atoms with Gasteiger partial charge in [0.05, 0.1) is 5.57 Å². The first-order valence-corrected chi connectivity index (χ1v) is 7.33. The van der Waals surface area contributed by atoms with Gasteiger partial charge in [0.15, 0.2) is 0 Å². The molecule has 0 saturated heterocycles. The van der Waals surface area contributed by atoms with Crippen LogP contribution in [0.2, 0.25) is 0 Å². The van der Waals surface area contributed by atoms with Gasteiger partial charge in [0.2, 0.25) is 0 Å². The monoisotopic (exact) mass is 265 g/mol. The van der Waals surface area contributed by atoms with Crippen LogP contribution in [0.3, 0.4) is 0 Å². The molecule has 1 saturated carbocycles. The smallest absolute Gasteiger partial charge is 0.102 e. The zero-order valence-electron chi connectivity index (χ0n) is 10.0. The molecule has 0 aliphatic heterocycles. The topological polar surface area (TPSA) is 23.8 Å². The number of thiophene rings is 1. The van der Waals surface area contributed by atoms with E-state index in [1.165, 1.54) is 12.8 Å². The number of hydrogen-bond donors (Lipinski definition) is 0. The van der Waals surface area contributed by atoms with Gasteiger partial charge >= 0.3 is 0 Å². The quantitative estimate of drug-likeness (QED) is 0.690. The molecule has 0 aromatic carbocycles. The highest BCUT2D eigenvalue weighted by Gasteiger charge is 2.37. The first-order chi connectivity index (χ1) is 8.23. The average molecular weight is 266 g/mol. The molecule has 0 spiro atoms. The van der Waals surface area contributed by atoms with Crippen LogP contribution >= 0.6 is 22.9 Å². The maximum absolute atomic E-state index is 9.35. The average Bonchev–Trinajstić information content (AvgIpc) is 3.01.